The Morgan fingerprint density at radius 3 is 1.96 bits per heavy atom. The van der Waals surface area contributed by atoms with Crippen LogP contribution in [-0.4, -0.2) is 26.9 Å². The summed E-state index contributed by atoms with van der Waals surface area (Å²) in [5, 5.41) is 0. The van der Waals surface area contributed by atoms with Crippen LogP contribution in [0, 0.1) is 17.8 Å². The molecule has 0 N–H and O–H groups in total. The van der Waals surface area contributed by atoms with E-state index in [9.17, 15) is 0 Å². The van der Waals surface area contributed by atoms with Crippen molar-refractivity contribution >= 4 is 16.3 Å². The SMILES string of the molecule is C[Si](C)(C)C1C2=C(C3CCCCC31)N([Si](C)(C)C)C1CCCCC21. The van der Waals surface area contributed by atoms with Gasteiger partial charge in [-0.2, -0.15) is 0 Å². The smallest absolute Gasteiger partial charge is 0.147 e. The van der Waals surface area contributed by atoms with Gasteiger partial charge in [0.15, 0.2) is 0 Å². The summed E-state index contributed by atoms with van der Waals surface area (Å²) in [6.07, 6.45) is 12.0. The number of nitrogens with zero attached hydrogens (tertiary/aromatic N) is 1. The molecule has 4 rings (SSSR count). The minimum absolute atomic E-state index is 0.900. The maximum atomic E-state index is 3.12. The van der Waals surface area contributed by atoms with Crippen molar-refractivity contribution in [3.8, 4) is 0 Å². The molecule has 4 aliphatic rings. The van der Waals surface area contributed by atoms with Crippen LogP contribution >= 0.6 is 0 Å². The number of rotatable bonds is 2. The molecule has 136 valence electrons. The van der Waals surface area contributed by atoms with Gasteiger partial charge < -0.3 is 4.57 Å². The molecule has 1 nitrogen and oxygen atoms in total. The van der Waals surface area contributed by atoms with Gasteiger partial charge in [-0.05, 0) is 42.7 Å². The number of fused-ring (bicyclic) bond motifs is 4. The Morgan fingerprint density at radius 1 is 0.750 bits per heavy atom. The van der Waals surface area contributed by atoms with E-state index in [1.54, 1.807) is 0 Å². The summed E-state index contributed by atoms with van der Waals surface area (Å²) >= 11 is 0. The second-order valence-electron chi connectivity index (χ2n) is 11.2. The lowest BCUT2D eigenvalue weighted by molar-refractivity contribution is 0.196. The van der Waals surface area contributed by atoms with E-state index in [0.717, 1.165) is 29.3 Å². The molecule has 2 saturated carbocycles. The van der Waals surface area contributed by atoms with Crippen molar-refractivity contribution in [1.82, 2.24) is 4.57 Å². The minimum atomic E-state index is -1.29. The molecule has 0 bridgehead atoms. The average Bonchev–Trinajstić information content (AvgIpc) is 2.98. The van der Waals surface area contributed by atoms with E-state index in [1.165, 1.54) is 51.4 Å². The van der Waals surface area contributed by atoms with Gasteiger partial charge >= 0.3 is 0 Å². The Bertz CT molecular complexity index is 491. The standard InChI is InChI=1S/C21H39NSi2/c1-23(2,3)21-16-12-8-7-11-15(16)20-19(21)17-13-9-10-14-18(17)22(20)24(4,5)6/h15-18,21H,7-14H2,1-6H3. The van der Waals surface area contributed by atoms with Crippen LogP contribution in [0.3, 0.4) is 0 Å². The van der Waals surface area contributed by atoms with Crippen LogP contribution in [0.5, 0.6) is 0 Å². The Morgan fingerprint density at radius 2 is 1.33 bits per heavy atom. The van der Waals surface area contributed by atoms with Crippen LogP contribution in [0.15, 0.2) is 11.3 Å². The van der Waals surface area contributed by atoms with Gasteiger partial charge in [-0.25, -0.2) is 0 Å². The fraction of sp³-hybridized carbons (Fsp3) is 0.905. The van der Waals surface area contributed by atoms with Crippen molar-refractivity contribution in [3.63, 3.8) is 0 Å². The average molecular weight is 362 g/mol. The van der Waals surface area contributed by atoms with E-state index in [2.05, 4.69) is 49.4 Å². The summed E-state index contributed by atoms with van der Waals surface area (Å²) in [5.41, 5.74) is 5.02. The predicted molar refractivity (Wildman–Crippen MR) is 111 cm³/mol. The molecule has 1 heterocycles. The van der Waals surface area contributed by atoms with E-state index in [1.807, 2.05) is 5.70 Å². The second-order valence-corrected chi connectivity index (χ2v) is 21.4. The number of allylic oxidation sites excluding steroid dienone is 1. The van der Waals surface area contributed by atoms with Crippen molar-refractivity contribution in [1.29, 1.82) is 0 Å². The highest BCUT2D eigenvalue weighted by molar-refractivity contribution is 6.78. The molecule has 3 heteroatoms. The van der Waals surface area contributed by atoms with Crippen LogP contribution in [0.2, 0.25) is 44.8 Å². The summed E-state index contributed by atoms with van der Waals surface area (Å²) < 4.78 is 3.12. The molecule has 24 heavy (non-hydrogen) atoms. The Kier molecular flexibility index (Phi) is 4.16. The van der Waals surface area contributed by atoms with E-state index in [4.69, 9.17) is 0 Å². The minimum Gasteiger partial charge on any atom is -0.398 e. The van der Waals surface area contributed by atoms with Crippen molar-refractivity contribution in [2.45, 2.75) is 102 Å². The lowest BCUT2D eigenvalue weighted by Gasteiger charge is -2.48. The maximum Gasteiger partial charge on any atom is 0.147 e. The van der Waals surface area contributed by atoms with Gasteiger partial charge in [0, 0.05) is 23.6 Å². The molecule has 1 aliphatic heterocycles. The van der Waals surface area contributed by atoms with E-state index in [0.29, 0.717) is 0 Å². The van der Waals surface area contributed by atoms with Crippen LogP contribution in [-0.2, 0) is 0 Å². The third-order valence-electron chi connectivity index (χ3n) is 7.61. The zero-order valence-electron chi connectivity index (χ0n) is 17.0. The monoisotopic (exact) mass is 361 g/mol. The third kappa shape index (κ3) is 2.52. The van der Waals surface area contributed by atoms with Crippen molar-refractivity contribution in [2.75, 3.05) is 0 Å². The van der Waals surface area contributed by atoms with Crippen LogP contribution in [0.4, 0.5) is 0 Å². The fourth-order valence-corrected chi connectivity index (χ4v) is 12.5. The second kappa shape index (κ2) is 5.74. The molecule has 0 aromatic heterocycles. The van der Waals surface area contributed by atoms with Crippen LogP contribution in [0.1, 0.15) is 51.4 Å². The predicted octanol–water partition coefficient (Wildman–Crippen LogP) is 6.48. The molecular weight excluding hydrogens is 322 g/mol. The first-order valence-corrected chi connectivity index (χ1v) is 17.8. The highest BCUT2D eigenvalue weighted by Gasteiger charge is 2.58. The Labute approximate surface area is 152 Å². The van der Waals surface area contributed by atoms with Gasteiger partial charge in [0.2, 0.25) is 0 Å². The highest BCUT2D eigenvalue weighted by atomic mass is 28.3. The molecule has 3 aliphatic carbocycles. The van der Waals surface area contributed by atoms with Crippen molar-refractivity contribution in [3.05, 3.63) is 11.3 Å². The first kappa shape index (κ1) is 17.4. The highest BCUT2D eigenvalue weighted by Crippen LogP contribution is 2.64. The largest absolute Gasteiger partial charge is 0.398 e. The quantitative estimate of drug-likeness (QED) is 0.509. The summed E-state index contributed by atoms with van der Waals surface area (Å²) in [6.45, 7) is 15.9. The van der Waals surface area contributed by atoms with Gasteiger partial charge in [-0.1, -0.05) is 65.0 Å². The molecule has 0 saturated heterocycles. The number of hydrogen-bond acceptors (Lipinski definition) is 1. The molecule has 5 unspecified atom stereocenters. The van der Waals surface area contributed by atoms with Gasteiger partial charge in [-0.3, -0.25) is 0 Å². The van der Waals surface area contributed by atoms with E-state index < -0.39 is 16.3 Å². The summed E-state index contributed by atoms with van der Waals surface area (Å²) in [7, 11) is -2.44. The summed E-state index contributed by atoms with van der Waals surface area (Å²) in [4.78, 5) is 0. The molecule has 0 amide bonds. The molecule has 0 aromatic carbocycles. The molecule has 0 radical (unpaired) electrons. The topological polar surface area (TPSA) is 3.24 Å². The normalized spacial score (nSPS) is 39.8. The molecular formula is C21H39NSi2. The lowest BCUT2D eigenvalue weighted by atomic mass is 9.77. The number of hydrogen-bond donors (Lipinski definition) is 0. The Balaban J connectivity index is 1.84. The third-order valence-corrected chi connectivity index (χ3v) is 12.2. The lowest BCUT2D eigenvalue weighted by Crippen LogP contribution is -2.53. The molecule has 2 fully saturated rings. The van der Waals surface area contributed by atoms with E-state index >= 15 is 0 Å². The zero-order chi connectivity index (χ0) is 17.3. The molecule has 5 atom stereocenters. The summed E-state index contributed by atoms with van der Waals surface area (Å²) in [6, 6.07) is 0.900. The maximum absolute atomic E-state index is 3.12. The van der Waals surface area contributed by atoms with E-state index in [-0.39, 0.29) is 0 Å². The molecule has 0 spiro atoms. The van der Waals surface area contributed by atoms with Crippen molar-refractivity contribution < 1.29 is 0 Å². The van der Waals surface area contributed by atoms with Gasteiger partial charge in [0.05, 0.1) is 8.07 Å². The summed E-state index contributed by atoms with van der Waals surface area (Å²) in [5.74, 6) is 2.92. The fourth-order valence-electron chi connectivity index (χ4n) is 7.17. The zero-order valence-corrected chi connectivity index (χ0v) is 19.0. The first-order chi connectivity index (χ1) is 11.2. The van der Waals surface area contributed by atoms with Crippen molar-refractivity contribution in [2.24, 2.45) is 17.8 Å². The molecule has 0 aromatic rings. The van der Waals surface area contributed by atoms with Gasteiger partial charge in [0.1, 0.15) is 8.24 Å². The Hall–Kier alpha value is -0.0262. The van der Waals surface area contributed by atoms with Crippen LogP contribution in [0.25, 0.3) is 0 Å². The van der Waals surface area contributed by atoms with Crippen LogP contribution < -0.4 is 0 Å². The van der Waals surface area contributed by atoms with Gasteiger partial charge in [-0.15, -0.1) is 0 Å². The first-order valence-electron chi connectivity index (χ1n) is 10.7. The van der Waals surface area contributed by atoms with Gasteiger partial charge in [0.25, 0.3) is 0 Å².